The van der Waals surface area contributed by atoms with Crippen LogP contribution in [0.4, 0.5) is 0 Å². The zero-order valence-corrected chi connectivity index (χ0v) is 19.2. The quantitative estimate of drug-likeness (QED) is 0.0970. The summed E-state index contributed by atoms with van der Waals surface area (Å²) in [5.74, 6) is -3.88. The number of hydrogen-bond donors (Lipinski definition) is 8. The maximum atomic E-state index is 12.9. The molecule has 4 unspecified atom stereocenters. The maximum Gasteiger partial charge on any atom is 0.325 e. The Balaban J connectivity index is 5.33. The summed E-state index contributed by atoms with van der Waals surface area (Å²) >= 11 is 0. The number of carbonyl (C=O) groups is 5. The lowest BCUT2D eigenvalue weighted by Gasteiger charge is -2.24. The van der Waals surface area contributed by atoms with Crippen LogP contribution in [0.5, 0.6) is 0 Å². The molecule has 4 atom stereocenters. The van der Waals surface area contributed by atoms with E-state index in [-0.39, 0.29) is 19.3 Å². The second-order valence-corrected chi connectivity index (χ2v) is 7.87. The first-order valence-corrected chi connectivity index (χ1v) is 11.1. The first kappa shape index (κ1) is 30.2. The number of hydrogen-bond acceptors (Lipinski definition) is 8. The van der Waals surface area contributed by atoms with Crippen LogP contribution in [0.25, 0.3) is 0 Å². The van der Waals surface area contributed by atoms with E-state index < -0.39 is 53.8 Å². The molecule has 13 nitrogen and oxygen atoms in total. The summed E-state index contributed by atoms with van der Waals surface area (Å²) in [6.45, 7) is 2.14. The van der Waals surface area contributed by atoms with E-state index in [9.17, 15) is 24.0 Å². The van der Waals surface area contributed by atoms with Gasteiger partial charge in [0, 0.05) is 6.42 Å². The van der Waals surface area contributed by atoms with Gasteiger partial charge in [-0.15, -0.1) is 0 Å². The number of amides is 4. The first-order valence-electron chi connectivity index (χ1n) is 11.1. The molecule has 0 bridgehead atoms. The van der Waals surface area contributed by atoms with Crippen LogP contribution >= 0.6 is 0 Å². The van der Waals surface area contributed by atoms with Crippen LogP contribution in [0.2, 0.25) is 0 Å². The zero-order chi connectivity index (χ0) is 25.4. The highest BCUT2D eigenvalue weighted by Gasteiger charge is 2.29. The van der Waals surface area contributed by atoms with Crippen molar-refractivity contribution in [3.8, 4) is 0 Å². The SMILES string of the molecule is CC(NC(=O)C(CCCCN)NC(=O)C(CCC(N)=O)NC(=O)C(N)CCCCN)C(=O)O. The Hall–Kier alpha value is -2.77. The predicted octanol–water partition coefficient (Wildman–Crippen LogP) is -2.60. The van der Waals surface area contributed by atoms with E-state index in [0.29, 0.717) is 45.2 Å². The third kappa shape index (κ3) is 13.4. The van der Waals surface area contributed by atoms with E-state index in [4.69, 9.17) is 28.0 Å². The number of nitrogens with one attached hydrogen (secondary N) is 3. The largest absolute Gasteiger partial charge is 0.480 e. The van der Waals surface area contributed by atoms with Gasteiger partial charge in [-0.25, -0.2) is 0 Å². The molecule has 0 aromatic rings. The standard InChI is InChI=1S/C20H39N7O6/c1-12(20(32)33)25-18(30)14(7-3-5-11-22)27-19(31)15(8-9-16(24)28)26-17(29)13(23)6-2-4-10-21/h12-15H,2-11,21-23H2,1H3,(H2,24,28)(H,25,30)(H,26,29)(H,27,31)(H,32,33). The maximum absolute atomic E-state index is 12.9. The Bertz CT molecular complexity index is 661. The number of carboxylic acid groups (broad SMARTS) is 1. The molecule has 33 heavy (non-hydrogen) atoms. The molecule has 0 aliphatic heterocycles. The molecule has 0 radical (unpaired) electrons. The van der Waals surface area contributed by atoms with Gasteiger partial charge in [0.05, 0.1) is 6.04 Å². The Morgan fingerprint density at radius 2 is 1.24 bits per heavy atom. The molecular weight excluding hydrogens is 434 g/mol. The minimum absolute atomic E-state index is 0.0922. The second-order valence-electron chi connectivity index (χ2n) is 7.87. The molecule has 0 aliphatic carbocycles. The monoisotopic (exact) mass is 473 g/mol. The second kappa shape index (κ2) is 16.8. The number of carboxylic acids is 1. The van der Waals surface area contributed by atoms with Crippen molar-refractivity contribution >= 4 is 29.6 Å². The van der Waals surface area contributed by atoms with Gasteiger partial charge in [0.25, 0.3) is 0 Å². The van der Waals surface area contributed by atoms with Gasteiger partial charge in [-0.05, 0) is 58.5 Å². The molecule has 0 aliphatic rings. The fraction of sp³-hybridized carbons (Fsp3) is 0.750. The lowest BCUT2D eigenvalue weighted by molar-refractivity contribution is -0.141. The molecular formula is C20H39N7O6. The minimum atomic E-state index is -1.23. The van der Waals surface area contributed by atoms with Crippen LogP contribution in [-0.2, 0) is 24.0 Å². The first-order chi connectivity index (χ1) is 15.5. The minimum Gasteiger partial charge on any atom is -0.480 e. The van der Waals surface area contributed by atoms with Crippen LogP contribution in [-0.4, -0.2) is 72.0 Å². The summed E-state index contributed by atoms with van der Waals surface area (Å²) in [5.41, 5.74) is 22.0. The Labute approximate surface area is 193 Å². The summed E-state index contributed by atoms with van der Waals surface area (Å²) in [4.78, 5) is 60.1. The van der Waals surface area contributed by atoms with Crippen molar-refractivity contribution in [3.63, 3.8) is 0 Å². The van der Waals surface area contributed by atoms with Crippen LogP contribution in [0.3, 0.4) is 0 Å². The van der Waals surface area contributed by atoms with E-state index in [1.54, 1.807) is 0 Å². The smallest absolute Gasteiger partial charge is 0.325 e. The predicted molar refractivity (Wildman–Crippen MR) is 121 cm³/mol. The van der Waals surface area contributed by atoms with E-state index in [1.165, 1.54) is 6.92 Å². The zero-order valence-electron chi connectivity index (χ0n) is 19.2. The van der Waals surface area contributed by atoms with Gasteiger partial charge in [0.15, 0.2) is 0 Å². The number of carbonyl (C=O) groups excluding carboxylic acids is 4. The number of primary amides is 1. The average Bonchev–Trinajstić information content (AvgIpc) is 2.75. The molecule has 0 aromatic carbocycles. The molecule has 0 saturated carbocycles. The van der Waals surface area contributed by atoms with E-state index in [0.717, 1.165) is 0 Å². The highest BCUT2D eigenvalue weighted by molar-refractivity contribution is 5.94. The fourth-order valence-corrected chi connectivity index (χ4v) is 2.88. The normalized spacial score (nSPS) is 14.4. The summed E-state index contributed by atoms with van der Waals surface area (Å²) < 4.78 is 0. The van der Waals surface area contributed by atoms with Crippen LogP contribution in [0.15, 0.2) is 0 Å². The number of aliphatic carboxylic acids is 1. The van der Waals surface area contributed by atoms with Crippen molar-refractivity contribution in [2.24, 2.45) is 22.9 Å². The molecule has 12 N–H and O–H groups in total. The van der Waals surface area contributed by atoms with Crippen molar-refractivity contribution in [1.29, 1.82) is 0 Å². The molecule has 4 amide bonds. The van der Waals surface area contributed by atoms with Crippen LogP contribution < -0.4 is 38.9 Å². The highest BCUT2D eigenvalue weighted by atomic mass is 16.4. The van der Waals surface area contributed by atoms with E-state index >= 15 is 0 Å². The highest BCUT2D eigenvalue weighted by Crippen LogP contribution is 2.06. The molecule has 0 spiro atoms. The molecule has 0 aromatic heterocycles. The number of rotatable bonds is 18. The molecule has 0 fully saturated rings. The topological polar surface area (TPSA) is 246 Å². The van der Waals surface area contributed by atoms with Crippen LogP contribution in [0, 0.1) is 0 Å². The lowest BCUT2D eigenvalue weighted by atomic mass is 10.0. The summed E-state index contributed by atoms with van der Waals surface area (Å²) in [7, 11) is 0. The lowest BCUT2D eigenvalue weighted by Crippen LogP contribution is -2.57. The van der Waals surface area contributed by atoms with Gasteiger partial charge in [0.1, 0.15) is 18.1 Å². The molecule has 190 valence electrons. The molecule has 13 heteroatoms. The summed E-state index contributed by atoms with van der Waals surface area (Å²) in [5, 5.41) is 16.4. The Morgan fingerprint density at radius 3 is 1.76 bits per heavy atom. The third-order valence-corrected chi connectivity index (χ3v) is 4.93. The van der Waals surface area contributed by atoms with Gasteiger partial charge >= 0.3 is 5.97 Å². The Morgan fingerprint density at radius 1 is 0.758 bits per heavy atom. The van der Waals surface area contributed by atoms with E-state index in [2.05, 4.69) is 16.0 Å². The van der Waals surface area contributed by atoms with Gasteiger partial charge in [0.2, 0.25) is 23.6 Å². The van der Waals surface area contributed by atoms with Gasteiger partial charge in [-0.1, -0.05) is 6.42 Å². The molecule has 0 rings (SSSR count). The van der Waals surface area contributed by atoms with Crippen molar-refractivity contribution in [1.82, 2.24) is 16.0 Å². The van der Waals surface area contributed by atoms with Crippen molar-refractivity contribution in [2.45, 2.75) is 82.5 Å². The van der Waals surface area contributed by atoms with Gasteiger partial charge < -0.3 is 44.0 Å². The van der Waals surface area contributed by atoms with Gasteiger partial charge in [-0.2, -0.15) is 0 Å². The van der Waals surface area contributed by atoms with Crippen LogP contribution in [0.1, 0.15) is 58.3 Å². The number of nitrogens with two attached hydrogens (primary N) is 4. The number of unbranched alkanes of at least 4 members (excludes halogenated alkanes) is 2. The fourth-order valence-electron chi connectivity index (χ4n) is 2.88. The molecule has 0 heterocycles. The van der Waals surface area contributed by atoms with Crippen molar-refractivity contribution in [2.75, 3.05) is 13.1 Å². The molecule has 0 saturated heterocycles. The summed E-state index contributed by atoms with van der Waals surface area (Å²) in [6, 6.07) is -4.26. The van der Waals surface area contributed by atoms with Crippen molar-refractivity contribution in [3.05, 3.63) is 0 Å². The summed E-state index contributed by atoms with van der Waals surface area (Å²) in [6.07, 6.45) is 2.72. The van der Waals surface area contributed by atoms with Gasteiger partial charge in [-0.3, -0.25) is 24.0 Å². The Kier molecular flexibility index (Phi) is 15.4. The van der Waals surface area contributed by atoms with E-state index in [1.807, 2.05) is 0 Å². The average molecular weight is 474 g/mol. The van der Waals surface area contributed by atoms with Crippen molar-refractivity contribution < 1.29 is 29.1 Å². The third-order valence-electron chi connectivity index (χ3n) is 4.93.